The van der Waals surface area contributed by atoms with Crippen LogP contribution in [0.5, 0.6) is 0 Å². The highest BCUT2D eigenvalue weighted by Gasteiger charge is 2.39. The molecule has 2 heterocycles. The van der Waals surface area contributed by atoms with Gasteiger partial charge in [0.25, 0.3) is 11.8 Å². The van der Waals surface area contributed by atoms with Gasteiger partial charge in [-0.3, -0.25) is 28.9 Å². The van der Waals surface area contributed by atoms with Crippen molar-refractivity contribution in [1.82, 2.24) is 25.0 Å². The van der Waals surface area contributed by atoms with E-state index in [1.807, 2.05) is 55.7 Å². The number of amides is 5. The molecule has 0 unspecified atom stereocenters. The molecule has 2 atom stereocenters. The van der Waals surface area contributed by atoms with E-state index < -0.39 is 77.4 Å². The maximum Gasteiger partial charge on any atom is 0.490 e. The molecule has 1 aliphatic rings. The van der Waals surface area contributed by atoms with Crippen LogP contribution in [0.2, 0.25) is 0 Å². The molecule has 58 heavy (non-hydrogen) atoms. The summed E-state index contributed by atoms with van der Waals surface area (Å²) in [7, 11) is 0. The molecule has 0 saturated heterocycles. The van der Waals surface area contributed by atoms with E-state index in [2.05, 4.69) is 10.6 Å². The molecule has 0 saturated carbocycles. The molecule has 0 radical (unpaired) electrons. The monoisotopic (exact) mass is 820 g/mol. The lowest BCUT2D eigenvalue weighted by Crippen LogP contribution is -2.48. The number of hydrogen-bond acceptors (Lipinski definition) is 8. The fourth-order valence-corrected chi connectivity index (χ4v) is 5.98. The SMILES string of the molecule is CC(C)(C)[C@H](c1cc(-c2cc(F)ccc2F)cn1Cc1ccccc1)N(CC[C@H](N)C(=O)NCCNC(=O)CCN1C(=O)C=CC1=O)C(=O)CO.O=C(O)C(F)(F)F. The second kappa shape index (κ2) is 20.5. The van der Waals surface area contributed by atoms with E-state index in [1.54, 1.807) is 12.3 Å². The standard InChI is InChI=1S/C37H44F2N6O6.C2HF3O2/c1-37(2,3)35(30-19-25(27-20-26(38)9-10-28(27)39)22-43(30)21-24-7-5-4-6-8-24)45(34(50)23-46)17-13-29(40)36(51)42-16-15-41-31(47)14-18-44-32(48)11-12-33(44)49;3-2(4,5)1(6)7/h4-12,19-20,22,29,35,46H,13-18,21,23,40H2,1-3H3,(H,41,47)(H,42,51);(H,6,7)/t29-,35-;/m0./s1. The highest BCUT2D eigenvalue weighted by molar-refractivity contribution is 6.13. The first kappa shape index (κ1) is 46.4. The van der Waals surface area contributed by atoms with E-state index in [1.165, 1.54) is 4.90 Å². The molecule has 4 rings (SSSR count). The predicted octanol–water partition coefficient (Wildman–Crippen LogP) is 3.29. The molecule has 14 nitrogen and oxygen atoms in total. The Kier molecular flexibility index (Phi) is 16.4. The van der Waals surface area contributed by atoms with Crippen molar-refractivity contribution in [2.24, 2.45) is 11.1 Å². The molecule has 1 aromatic heterocycles. The first-order valence-corrected chi connectivity index (χ1v) is 17.9. The van der Waals surface area contributed by atoms with E-state index in [0.29, 0.717) is 17.8 Å². The third-order valence-electron chi connectivity index (χ3n) is 8.70. The van der Waals surface area contributed by atoms with Gasteiger partial charge in [-0.05, 0) is 41.7 Å². The fourth-order valence-electron chi connectivity index (χ4n) is 5.98. The molecule has 1 aliphatic heterocycles. The number of carboxylic acid groups (broad SMARTS) is 1. The van der Waals surface area contributed by atoms with Crippen LogP contribution in [0, 0.1) is 17.0 Å². The predicted molar refractivity (Wildman–Crippen MR) is 199 cm³/mol. The van der Waals surface area contributed by atoms with Crippen LogP contribution in [-0.4, -0.2) is 105 Å². The molecule has 0 bridgehead atoms. The van der Waals surface area contributed by atoms with Gasteiger partial charge in [0.05, 0.1) is 12.1 Å². The van der Waals surface area contributed by atoms with E-state index in [0.717, 1.165) is 40.8 Å². The van der Waals surface area contributed by atoms with Crippen molar-refractivity contribution in [2.45, 2.75) is 58.4 Å². The quantitative estimate of drug-likeness (QED) is 0.0817. The van der Waals surface area contributed by atoms with Crippen LogP contribution in [0.3, 0.4) is 0 Å². The molecular formula is C39H45F5N6O8. The molecule has 314 valence electrons. The van der Waals surface area contributed by atoms with Crippen molar-refractivity contribution in [3.8, 4) is 11.1 Å². The van der Waals surface area contributed by atoms with Crippen LogP contribution in [0.1, 0.15) is 50.9 Å². The smallest absolute Gasteiger partial charge is 0.475 e. The topological polar surface area (TPSA) is 204 Å². The lowest BCUT2D eigenvalue weighted by Gasteiger charge is -2.41. The summed E-state index contributed by atoms with van der Waals surface area (Å²) in [4.78, 5) is 73.0. The van der Waals surface area contributed by atoms with Gasteiger partial charge in [-0.1, -0.05) is 51.1 Å². The van der Waals surface area contributed by atoms with E-state index >= 15 is 0 Å². The first-order valence-electron chi connectivity index (χ1n) is 17.9. The highest BCUT2D eigenvalue weighted by Crippen LogP contribution is 2.41. The number of nitrogens with one attached hydrogen (secondary N) is 2. The summed E-state index contributed by atoms with van der Waals surface area (Å²) in [6.07, 6.45) is -1.17. The van der Waals surface area contributed by atoms with Crippen LogP contribution in [0.4, 0.5) is 22.0 Å². The summed E-state index contributed by atoms with van der Waals surface area (Å²) < 4.78 is 62.9. The summed E-state index contributed by atoms with van der Waals surface area (Å²) in [5.74, 6) is -6.47. The van der Waals surface area contributed by atoms with Gasteiger partial charge >= 0.3 is 12.1 Å². The number of aliphatic carboxylic acids is 1. The Morgan fingerprint density at radius 1 is 0.914 bits per heavy atom. The molecule has 0 aliphatic carbocycles. The zero-order valence-corrected chi connectivity index (χ0v) is 31.9. The molecular weight excluding hydrogens is 775 g/mol. The van der Waals surface area contributed by atoms with Crippen molar-refractivity contribution in [3.63, 3.8) is 0 Å². The normalized spacial score (nSPS) is 13.7. The molecule has 19 heteroatoms. The maximum atomic E-state index is 15.0. The number of hydrogen-bond donors (Lipinski definition) is 5. The van der Waals surface area contributed by atoms with Crippen LogP contribution in [-0.2, 0) is 35.3 Å². The van der Waals surface area contributed by atoms with Gasteiger partial charge in [-0.15, -0.1) is 0 Å². The average molecular weight is 821 g/mol. The van der Waals surface area contributed by atoms with Crippen LogP contribution >= 0.6 is 0 Å². The van der Waals surface area contributed by atoms with Crippen molar-refractivity contribution in [2.75, 3.05) is 32.8 Å². The number of alkyl halides is 3. The third kappa shape index (κ3) is 13.3. The highest BCUT2D eigenvalue weighted by atomic mass is 19.4. The van der Waals surface area contributed by atoms with E-state index in [-0.39, 0.29) is 44.6 Å². The Morgan fingerprint density at radius 2 is 1.52 bits per heavy atom. The second-order valence-corrected chi connectivity index (χ2v) is 14.2. The number of halogens is 5. The largest absolute Gasteiger partial charge is 0.490 e. The molecule has 5 amide bonds. The second-order valence-electron chi connectivity index (χ2n) is 14.2. The van der Waals surface area contributed by atoms with Gasteiger partial charge in [0.1, 0.15) is 18.2 Å². The summed E-state index contributed by atoms with van der Waals surface area (Å²) in [6, 6.07) is 12.7. The Bertz CT molecular complexity index is 1960. The number of aliphatic hydroxyl groups is 1. The van der Waals surface area contributed by atoms with Crippen LogP contribution in [0.25, 0.3) is 11.1 Å². The minimum Gasteiger partial charge on any atom is -0.475 e. The van der Waals surface area contributed by atoms with Crippen molar-refractivity contribution >= 4 is 35.5 Å². The van der Waals surface area contributed by atoms with E-state index in [4.69, 9.17) is 15.6 Å². The number of rotatable bonds is 16. The van der Waals surface area contributed by atoms with Gasteiger partial charge in [0, 0.05) is 74.3 Å². The maximum absolute atomic E-state index is 15.0. The number of carbonyl (C=O) groups is 6. The van der Waals surface area contributed by atoms with Gasteiger partial charge < -0.3 is 36.0 Å². The average Bonchev–Trinajstić information content (AvgIpc) is 3.71. The van der Waals surface area contributed by atoms with Crippen molar-refractivity contribution < 1.29 is 60.9 Å². The number of nitrogens with zero attached hydrogens (tertiary/aromatic N) is 3. The zero-order valence-electron chi connectivity index (χ0n) is 31.9. The van der Waals surface area contributed by atoms with E-state index in [9.17, 15) is 51.0 Å². The lowest BCUT2D eigenvalue weighted by atomic mass is 9.82. The molecule has 0 spiro atoms. The van der Waals surface area contributed by atoms with Crippen LogP contribution in [0.15, 0.2) is 72.9 Å². The Labute approximate surface area is 330 Å². The van der Waals surface area contributed by atoms with Crippen LogP contribution < -0.4 is 16.4 Å². The number of carboxylic acids is 1. The molecule has 2 aromatic carbocycles. The van der Waals surface area contributed by atoms with Gasteiger partial charge in [0.2, 0.25) is 17.7 Å². The number of carbonyl (C=O) groups excluding carboxylic acids is 5. The summed E-state index contributed by atoms with van der Waals surface area (Å²) in [6.45, 7) is 5.33. The number of aliphatic hydroxyl groups excluding tert-OH is 1. The van der Waals surface area contributed by atoms with Gasteiger partial charge in [-0.25, -0.2) is 13.6 Å². The minimum atomic E-state index is -5.08. The number of aromatic nitrogens is 1. The Hall–Kier alpha value is -5.95. The fraction of sp³-hybridized carbons (Fsp3) is 0.385. The number of imide groups is 1. The molecule has 3 aromatic rings. The van der Waals surface area contributed by atoms with Crippen molar-refractivity contribution in [3.05, 3.63) is 95.8 Å². The minimum absolute atomic E-state index is 0.0182. The zero-order chi connectivity index (χ0) is 43.4. The van der Waals surface area contributed by atoms with Crippen molar-refractivity contribution in [1.29, 1.82) is 0 Å². The molecule has 0 fully saturated rings. The number of nitrogens with two attached hydrogens (primary N) is 1. The summed E-state index contributed by atoms with van der Waals surface area (Å²) in [5, 5.41) is 22.4. The summed E-state index contributed by atoms with van der Waals surface area (Å²) in [5.41, 5.74) is 7.57. The Balaban J connectivity index is 0.00000117. The number of benzene rings is 2. The summed E-state index contributed by atoms with van der Waals surface area (Å²) >= 11 is 0. The lowest BCUT2D eigenvalue weighted by molar-refractivity contribution is -0.192. The molecule has 6 N–H and O–H groups in total. The Morgan fingerprint density at radius 3 is 2.09 bits per heavy atom. The first-order chi connectivity index (χ1) is 27.1. The van der Waals surface area contributed by atoms with Gasteiger partial charge in [-0.2, -0.15) is 13.2 Å². The van der Waals surface area contributed by atoms with Gasteiger partial charge in [0.15, 0.2) is 0 Å². The third-order valence-corrected chi connectivity index (χ3v) is 8.70.